The fraction of sp³-hybridized carbons (Fsp3) is 0.364. The average molecular weight is 369 g/mol. The predicted molar refractivity (Wildman–Crippen MR) is 106 cm³/mol. The third kappa shape index (κ3) is 6.77. The topological polar surface area (TPSA) is 64.6 Å². The van der Waals surface area contributed by atoms with Gasteiger partial charge >= 0.3 is 5.97 Å². The SMILES string of the molecule is CCCCCOC(=O)c1ccc(NC(=O)COc2ccc(C)cc2C)cc1. The Hall–Kier alpha value is -2.82. The number of esters is 1. The van der Waals surface area contributed by atoms with Crippen LogP contribution >= 0.6 is 0 Å². The molecule has 0 atom stereocenters. The number of hydrogen-bond acceptors (Lipinski definition) is 4. The zero-order chi connectivity index (χ0) is 19.6. The molecule has 0 saturated carbocycles. The molecule has 2 rings (SSSR count). The third-order valence-electron chi connectivity index (χ3n) is 4.07. The van der Waals surface area contributed by atoms with Crippen molar-refractivity contribution < 1.29 is 19.1 Å². The van der Waals surface area contributed by atoms with Crippen molar-refractivity contribution >= 4 is 17.6 Å². The molecule has 0 radical (unpaired) electrons. The van der Waals surface area contributed by atoms with Crippen LogP contribution in [-0.2, 0) is 9.53 Å². The molecule has 0 spiro atoms. The van der Waals surface area contributed by atoms with Crippen LogP contribution in [0.5, 0.6) is 5.75 Å². The lowest BCUT2D eigenvalue weighted by Crippen LogP contribution is -2.20. The van der Waals surface area contributed by atoms with Gasteiger partial charge in [-0.15, -0.1) is 0 Å². The number of ether oxygens (including phenoxy) is 2. The number of hydrogen-bond donors (Lipinski definition) is 1. The highest BCUT2D eigenvalue weighted by Gasteiger charge is 2.09. The molecule has 0 heterocycles. The quantitative estimate of drug-likeness (QED) is 0.515. The van der Waals surface area contributed by atoms with E-state index < -0.39 is 0 Å². The largest absolute Gasteiger partial charge is 0.483 e. The second kappa shape index (κ2) is 10.4. The first-order valence-corrected chi connectivity index (χ1v) is 9.26. The summed E-state index contributed by atoms with van der Waals surface area (Å²) in [4.78, 5) is 24.0. The molecule has 5 heteroatoms. The second-order valence-electron chi connectivity index (χ2n) is 6.53. The summed E-state index contributed by atoms with van der Waals surface area (Å²) in [5.41, 5.74) is 3.21. The lowest BCUT2D eigenvalue weighted by atomic mass is 10.1. The Kier molecular flexibility index (Phi) is 7.86. The molecular weight excluding hydrogens is 342 g/mol. The molecule has 0 aliphatic rings. The van der Waals surface area contributed by atoms with Crippen LogP contribution in [0.4, 0.5) is 5.69 Å². The molecule has 0 aliphatic carbocycles. The molecule has 2 aromatic rings. The minimum atomic E-state index is -0.345. The summed E-state index contributed by atoms with van der Waals surface area (Å²) in [6, 6.07) is 12.5. The van der Waals surface area contributed by atoms with E-state index >= 15 is 0 Å². The van der Waals surface area contributed by atoms with Gasteiger partial charge in [-0.2, -0.15) is 0 Å². The second-order valence-corrected chi connectivity index (χ2v) is 6.53. The molecule has 1 N–H and O–H groups in total. The smallest absolute Gasteiger partial charge is 0.338 e. The Morgan fingerprint density at radius 1 is 1.00 bits per heavy atom. The summed E-state index contributed by atoms with van der Waals surface area (Å²) < 4.78 is 10.8. The van der Waals surface area contributed by atoms with Crippen LogP contribution in [-0.4, -0.2) is 25.1 Å². The van der Waals surface area contributed by atoms with Gasteiger partial charge in [-0.1, -0.05) is 37.5 Å². The predicted octanol–water partition coefficient (Wildman–Crippen LogP) is 4.67. The molecule has 0 bridgehead atoms. The molecule has 2 aromatic carbocycles. The van der Waals surface area contributed by atoms with Crippen molar-refractivity contribution in [1.29, 1.82) is 0 Å². The highest BCUT2D eigenvalue weighted by atomic mass is 16.5. The van der Waals surface area contributed by atoms with Gasteiger partial charge in [0.25, 0.3) is 5.91 Å². The first-order chi connectivity index (χ1) is 13.0. The maximum Gasteiger partial charge on any atom is 0.338 e. The number of aryl methyl sites for hydroxylation is 2. The van der Waals surface area contributed by atoms with Crippen LogP contribution in [0.25, 0.3) is 0 Å². The molecule has 0 aliphatic heterocycles. The highest BCUT2D eigenvalue weighted by molar-refractivity contribution is 5.93. The number of nitrogens with one attached hydrogen (secondary N) is 1. The van der Waals surface area contributed by atoms with E-state index in [9.17, 15) is 9.59 Å². The van der Waals surface area contributed by atoms with Gasteiger partial charge in [-0.05, 0) is 56.2 Å². The standard InChI is InChI=1S/C22H27NO4/c1-4-5-6-13-26-22(25)18-8-10-19(11-9-18)23-21(24)15-27-20-12-7-16(2)14-17(20)3/h7-12,14H,4-6,13,15H2,1-3H3,(H,23,24). The van der Waals surface area contributed by atoms with E-state index in [1.54, 1.807) is 24.3 Å². The summed E-state index contributed by atoms with van der Waals surface area (Å²) in [7, 11) is 0. The van der Waals surface area contributed by atoms with Crippen LogP contribution in [0.3, 0.4) is 0 Å². The van der Waals surface area contributed by atoms with E-state index in [-0.39, 0.29) is 18.5 Å². The number of anilines is 1. The van der Waals surface area contributed by atoms with Crippen molar-refractivity contribution in [2.24, 2.45) is 0 Å². The minimum absolute atomic E-state index is 0.0783. The van der Waals surface area contributed by atoms with Crippen molar-refractivity contribution in [2.75, 3.05) is 18.5 Å². The van der Waals surface area contributed by atoms with Gasteiger partial charge in [0.15, 0.2) is 6.61 Å². The Morgan fingerprint density at radius 2 is 1.74 bits per heavy atom. The van der Waals surface area contributed by atoms with Gasteiger partial charge in [0.2, 0.25) is 0 Å². The Morgan fingerprint density at radius 3 is 2.41 bits per heavy atom. The molecule has 1 amide bonds. The van der Waals surface area contributed by atoms with Crippen LogP contribution in [0.15, 0.2) is 42.5 Å². The normalized spacial score (nSPS) is 10.3. The molecule has 27 heavy (non-hydrogen) atoms. The van der Waals surface area contributed by atoms with Crippen LogP contribution in [0.1, 0.15) is 47.7 Å². The number of amides is 1. The fourth-order valence-electron chi connectivity index (χ4n) is 2.59. The fourth-order valence-corrected chi connectivity index (χ4v) is 2.59. The van der Waals surface area contributed by atoms with Crippen molar-refractivity contribution in [1.82, 2.24) is 0 Å². The zero-order valence-corrected chi connectivity index (χ0v) is 16.2. The first kappa shape index (κ1) is 20.5. The van der Waals surface area contributed by atoms with E-state index in [2.05, 4.69) is 12.2 Å². The average Bonchev–Trinajstić information content (AvgIpc) is 2.65. The summed E-state index contributed by atoms with van der Waals surface area (Å²) in [5.74, 6) is 0.0870. The minimum Gasteiger partial charge on any atom is -0.483 e. The van der Waals surface area contributed by atoms with Gasteiger partial charge in [-0.25, -0.2) is 4.79 Å². The maximum absolute atomic E-state index is 12.1. The lowest BCUT2D eigenvalue weighted by Gasteiger charge is -2.10. The van der Waals surface area contributed by atoms with Crippen LogP contribution in [0, 0.1) is 13.8 Å². The third-order valence-corrected chi connectivity index (χ3v) is 4.07. The van der Waals surface area contributed by atoms with Gasteiger partial charge in [-0.3, -0.25) is 4.79 Å². The Labute approximate surface area is 160 Å². The maximum atomic E-state index is 12.1. The summed E-state index contributed by atoms with van der Waals surface area (Å²) >= 11 is 0. The lowest BCUT2D eigenvalue weighted by molar-refractivity contribution is -0.118. The zero-order valence-electron chi connectivity index (χ0n) is 16.2. The van der Waals surface area contributed by atoms with E-state index in [4.69, 9.17) is 9.47 Å². The van der Waals surface area contributed by atoms with E-state index in [1.807, 2.05) is 32.0 Å². The summed E-state index contributed by atoms with van der Waals surface area (Å²) in [6.07, 6.45) is 3.00. The highest BCUT2D eigenvalue weighted by Crippen LogP contribution is 2.18. The number of rotatable bonds is 9. The van der Waals surface area contributed by atoms with Gasteiger partial charge in [0, 0.05) is 5.69 Å². The van der Waals surface area contributed by atoms with Crippen LogP contribution < -0.4 is 10.1 Å². The molecule has 0 unspecified atom stereocenters. The summed E-state index contributed by atoms with van der Waals surface area (Å²) in [5, 5.41) is 2.75. The molecular formula is C22H27NO4. The molecule has 0 fully saturated rings. The number of carbonyl (C=O) groups excluding carboxylic acids is 2. The monoisotopic (exact) mass is 369 g/mol. The van der Waals surface area contributed by atoms with Crippen LogP contribution in [0.2, 0.25) is 0 Å². The number of unbranched alkanes of at least 4 members (excludes halogenated alkanes) is 2. The Balaban J connectivity index is 1.81. The van der Waals surface area contributed by atoms with E-state index in [0.29, 0.717) is 23.6 Å². The van der Waals surface area contributed by atoms with Crippen molar-refractivity contribution in [3.8, 4) is 5.75 Å². The van der Waals surface area contributed by atoms with Gasteiger partial charge in [0.1, 0.15) is 5.75 Å². The van der Waals surface area contributed by atoms with Crippen molar-refractivity contribution in [3.63, 3.8) is 0 Å². The number of carbonyl (C=O) groups is 2. The molecule has 144 valence electrons. The molecule has 5 nitrogen and oxygen atoms in total. The summed E-state index contributed by atoms with van der Waals surface area (Å²) in [6.45, 7) is 6.41. The van der Waals surface area contributed by atoms with E-state index in [0.717, 1.165) is 30.4 Å². The first-order valence-electron chi connectivity index (χ1n) is 9.26. The van der Waals surface area contributed by atoms with Gasteiger partial charge in [0.05, 0.1) is 12.2 Å². The van der Waals surface area contributed by atoms with E-state index in [1.165, 1.54) is 0 Å². The Bertz CT molecular complexity index is 768. The molecule has 0 aromatic heterocycles. The van der Waals surface area contributed by atoms with Crippen molar-refractivity contribution in [3.05, 3.63) is 59.2 Å². The van der Waals surface area contributed by atoms with Crippen molar-refractivity contribution in [2.45, 2.75) is 40.0 Å². The molecule has 0 saturated heterocycles. The number of benzene rings is 2. The van der Waals surface area contributed by atoms with Gasteiger partial charge < -0.3 is 14.8 Å².